The highest BCUT2D eigenvalue weighted by Gasteiger charge is 2.28. The second kappa shape index (κ2) is 23.9. The minimum Gasteiger partial charge on any atom is -0.494 e. The standard InChI is InChI=1S/C62H72N14O6/c1-12-56(77)65-46-31-48(54(79-11)33-50(46)73(9)29-28-71(5)6)69-60-63-24-22-45(67-60)43-36-76-27-23-39(82-53-20-15-18-41(43)59(53)76)37-81-55-34-51(74(10)38-62(3,4)72(7)8)47(66-57(78)13-2)32-49(55)70-61-64-25-21-44(68-61)42-35-75-26-16-30-80-52-19-14-17-40(42)58(52)75/h12-15,17-22,24-25,31-36,39H,1-2,16,23,26-30,37-38H2,3-11H3,(H,65,77)(H,66,78)(H,63,67,69)(H,64,68,70). The van der Waals surface area contributed by atoms with Crippen LogP contribution in [-0.4, -0.2) is 145 Å². The van der Waals surface area contributed by atoms with Crippen molar-refractivity contribution >= 4 is 79.6 Å². The number of likely N-dealkylation sites (N-methyl/N-ethyl adjacent to an activating group) is 4. The lowest BCUT2D eigenvalue weighted by Crippen LogP contribution is -2.47. The third-order valence-corrected chi connectivity index (χ3v) is 15.1. The first-order chi connectivity index (χ1) is 39.5. The van der Waals surface area contributed by atoms with Gasteiger partial charge in [0.25, 0.3) is 0 Å². The van der Waals surface area contributed by atoms with Crippen LogP contribution in [0.25, 0.3) is 44.3 Å². The number of rotatable bonds is 22. The summed E-state index contributed by atoms with van der Waals surface area (Å²) >= 11 is 0. The molecule has 2 aliphatic heterocycles. The topological polar surface area (TPSA) is 194 Å². The Morgan fingerprint density at radius 1 is 0.720 bits per heavy atom. The molecule has 1 unspecified atom stereocenters. The normalized spacial score (nSPS) is 13.9. The van der Waals surface area contributed by atoms with Crippen LogP contribution in [-0.2, 0) is 22.7 Å². The largest absolute Gasteiger partial charge is 0.494 e. The first-order valence-electron chi connectivity index (χ1n) is 27.4. The molecule has 0 saturated carbocycles. The molecule has 82 heavy (non-hydrogen) atoms. The van der Waals surface area contributed by atoms with Gasteiger partial charge < -0.3 is 68.9 Å². The van der Waals surface area contributed by atoms with Gasteiger partial charge in [0.15, 0.2) is 0 Å². The number of aromatic nitrogens is 6. The Balaban J connectivity index is 0.938. The van der Waals surface area contributed by atoms with E-state index in [0.717, 1.165) is 75.3 Å². The molecule has 20 heteroatoms. The fourth-order valence-electron chi connectivity index (χ4n) is 10.3. The maximum absolute atomic E-state index is 13.1. The highest BCUT2D eigenvalue weighted by Crippen LogP contribution is 2.43. The van der Waals surface area contributed by atoms with E-state index in [0.29, 0.717) is 90.3 Å². The van der Waals surface area contributed by atoms with Gasteiger partial charge in [-0.1, -0.05) is 37.4 Å². The number of ether oxygens (including phenoxy) is 4. The molecule has 4 N–H and O–H groups in total. The highest BCUT2D eigenvalue weighted by atomic mass is 16.5. The molecule has 1 atom stereocenters. The van der Waals surface area contributed by atoms with E-state index in [-0.39, 0.29) is 30.1 Å². The van der Waals surface area contributed by atoms with Crippen molar-refractivity contribution in [1.82, 2.24) is 38.9 Å². The van der Waals surface area contributed by atoms with Crippen molar-refractivity contribution in [3.8, 4) is 45.5 Å². The molecule has 0 aliphatic carbocycles. The van der Waals surface area contributed by atoms with Gasteiger partial charge in [-0.15, -0.1) is 0 Å². The molecule has 10 rings (SSSR count). The summed E-state index contributed by atoms with van der Waals surface area (Å²) in [5.41, 5.74) is 8.80. The Kier molecular flexibility index (Phi) is 16.4. The van der Waals surface area contributed by atoms with Gasteiger partial charge in [0.05, 0.1) is 70.3 Å². The number of anilines is 8. The van der Waals surface area contributed by atoms with Crippen LogP contribution in [0.3, 0.4) is 0 Å². The van der Waals surface area contributed by atoms with Crippen molar-refractivity contribution in [2.75, 3.05) is 113 Å². The lowest BCUT2D eigenvalue weighted by Gasteiger charge is -2.37. The molecular weight excluding hydrogens is 1040 g/mol. The van der Waals surface area contributed by atoms with Crippen LogP contribution in [0.4, 0.5) is 46.0 Å². The predicted molar refractivity (Wildman–Crippen MR) is 327 cm³/mol. The van der Waals surface area contributed by atoms with Crippen LogP contribution in [0.2, 0.25) is 0 Å². The predicted octanol–water partition coefficient (Wildman–Crippen LogP) is 10.0. The smallest absolute Gasteiger partial charge is 0.247 e. The zero-order chi connectivity index (χ0) is 57.8. The van der Waals surface area contributed by atoms with Crippen LogP contribution in [0.5, 0.6) is 23.0 Å². The molecule has 6 heterocycles. The highest BCUT2D eigenvalue weighted by molar-refractivity contribution is 6.04. The second-order valence-corrected chi connectivity index (χ2v) is 21.7. The number of nitrogens with one attached hydrogen (secondary N) is 4. The van der Waals surface area contributed by atoms with Gasteiger partial charge in [0, 0.05) is 118 Å². The average Bonchev–Trinajstić information content (AvgIpc) is 3.17. The summed E-state index contributed by atoms with van der Waals surface area (Å²) in [6.45, 7) is 16.2. The number of carbonyl (C=O) groups excluding carboxylic acids is 2. The van der Waals surface area contributed by atoms with Gasteiger partial charge in [0.2, 0.25) is 23.7 Å². The van der Waals surface area contributed by atoms with E-state index in [9.17, 15) is 9.59 Å². The molecule has 4 aromatic carbocycles. The molecule has 4 aromatic heterocycles. The van der Waals surface area contributed by atoms with Gasteiger partial charge in [-0.25, -0.2) is 19.9 Å². The number of hydrogen-bond acceptors (Lipinski definition) is 16. The van der Waals surface area contributed by atoms with Crippen LogP contribution in [0.15, 0.2) is 123 Å². The SMILES string of the molecule is C=CC(=O)Nc1cc(Nc2nccc(-c3cn4c5c(cccc35)OC(COc3cc(N(C)CC(C)(C)N(C)C)c(NC(=O)C=C)cc3Nc3nccc(-c5cn6c7c(cccc57)OCCC6)n3)CC4)n2)c(OC)cc1N(C)CCN(C)C. The Labute approximate surface area is 478 Å². The molecule has 2 aliphatic rings. The number of carbonyl (C=O) groups is 2. The van der Waals surface area contributed by atoms with Crippen LogP contribution < -0.4 is 50.0 Å². The summed E-state index contributed by atoms with van der Waals surface area (Å²) in [7, 11) is 13.7. The van der Waals surface area contributed by atoms with E-state index in [1.54, 1.807) is 19.5 Å². The lowest BCUT2D eigenvalue weighted by molar-refractivity contribution is -0.112. The number of amides is 2. The van der Waals surface area contributed by atoms with Crippen molar-refractivity contribution in [1.29, 1.82) is 0 Å². The maximum Gasteiger partial charge on any atom is 0.247 e. The van der Waals surface area contributed by atoms with Gasteiger partial charge >= 0.3 is 0 Å². The number of benzene rings is 4. The Hall–Kier alpha value is -9.14. The molecule has 20 nitrogen and oxygen atoms in total. The van der Waals surface area contributed by atoms with E-state index in [1.165, 1.54) is 12.2 Å². The summed E-state index contributed by atoms with van der Waals surface area (Å²) in [5, 5.41) is 14.8. The lowest BCUT2D eigenvalue weighted by atomic mass is 10.0. The Morgan fingerprint density at radius 3 is 1.87 bits per heavy atom. The van der Waals surface area contributed by atoms with E-state index in [2.05, 4.69) is 126 Å². The fraction of sp³-hybridized carbons (Fsp3) is 0.323. The van der Waals surface area contributed by atoms with Gasteiger partial charge in [-0.2, -0.15) is 0 Å². The van der Waals surface area contributed by atoms with Crippen molar-refractivity contribution in [2.24, 2.45) is 0 Å². The molecule has 426 valence electrons. The van der Waals surface area contributed by atoms with Crippen molar-refractivity contribution in [3.05, 3.63) is 123 Å². The summed E-state index contributed by atoms with van der Waals surface area (Å²) < 4.78 is 30.2. The molecular formula is C62H72N14O6. The first kappa shape index (κ1) is 56.1. The zero-order valence-corrected chi connectivity index (χ0v) is 48.2. The van der Waals surface area contributed by atoms with Gasteiger partial charge in [-0.05, 0) is 97.0 Å². The van der Waals surface area contributed by atoms with Crippen LogP contribution in [0, 0.1) is 0 Å². The average molecular weight is 1110 g/mol. The van der Waals surface area contributed by atoms with Crippen LogP contribution in [0.1, 0.15) is 26.7 Å². The minimum absolute atomic E-state index is 0.189. The van der Waals surface area contributed by atoms with E-state index in [4.69, 9.17) is 28.9 Å². The molecule has 8 aromatic rings. The van der Waals surface area contributed by atoms with Gasteiger partial charge in [-0.3, -0.25) is 9.59 Å². The number of aryl methyl sites for hydroxylation is 2. The maximum atomic E-state index is 13.1. The quantitative estimate of drug-likeness (QED) is 0.0468. The van der Waals surface area contributed by atoms with Crippen molar-refractivity contribution in [2.45, 2.75) is 51.4 Å². The number of para-hydroxylation sites is 2. The molecule has 0 fully saturated rings. The molecule has 0 radical (unpaired) electrons. The van der Waals surface area contributed by atoms with Crippen molar-refractivity contribution < 1.29 is 28.5 Å². The third-order valence-electron chi connectivity index (χ3n) is 15.1. The summed E-state index contributed by atoms with van der Waals surface area (Å²) in [6, 6.07) is 23.5. The first-order valence-corrected chi connectivity index (χ1v) is 27.4. The van der Waals surface area contributed by atoms with Gasteiger partial charge in [0.1, 0.15) is 35.7 Å². The third kappa shape index (κ3) is 12.0. The molecule has 0 bridgehead atoms. The summed E-state index contributed by atoms with van der Waals surface area (Å²) in [6.07, 6.45) is 11.3. The monoisotopic (exact) mass is 1110 g/mol. The van der Waals surface area contributed by atoms with E-state index in [1.807, 2.05) is 88.9 Å². The Morgan fingerprint density at radius 2 is 1.28 bits per heavy atom. The van der Waals surface area contributed by atoms with E-state index < -0.39 is 0 Å². The van der Waals surface area contributed by atoms with Crippen LogP contribution >= 0.6 is 0 Å². The molecule has 2 amide bonds. The number of methoxy groups -OCH3 is 1. The minimum atomic E-state index is -0.362. The molecule has 0 spiro atoms. The second-order valence-electron chi connectivity index (χ2n) is 21.7. The van der Waals surface area contributed by atoms with E-state index >= 15 is 0 Å². The number of nitrogens with zero attached hydrogens (tertiary/aromatic N) is 10. The zero-order valence-electron chi connectivity index (χ0n) is 48.2. The summed E-state index contributed by atoms with van der Waals surface area (Å²) in [5.74, 6) is 2.61. The molecule has 0 saturated heterocycles. The summed E-state index contributed by atoms with van der Waals surface area (Å²) in [4.78, 5) is 53.6. The van der Waals surface area contributed by atoms with Crippen molar-refractivity contribution in [3.63, 3.8) is 0 Å². The Bertz CT molecular complexity index is 3700. The fourth-order valence-corrected chi connectivity index (χ4v) is 10.3. The number of hydrogen-bond donors (Lipinski definition) is 4.